The van der Waals surface area contributed by atoms with E-state index in [1.807, 2.05) is 0 Å². The number of hydrogen-bond acceptors (Lipinski definition) is 3. The molecule has 2 bridgehead atoms. The summed E-state index contributed by atoms with van der Waals surface area (Å²) < 4.78 is 0. The summed E-state index contributed by atoms with van der Waals surface area (Å²) in [5.74, 6) is 1.96. The van der Waals surface area contributed by atoms with Gasteiger partial charge in [-0.15, -0.1) is 0 Å². The zero-order valence-electron chi connectivity index (χ0n) is 17.5. The molecule has 28 heavy (non-hydrogen) atoms. The molecule has 2 saturated carbocycles. The topological polar surface area (TPSA) is 35.6 Å². The van der Waals surface area contributed by atoms with E-state index in [9.17, 15) is 4.79 Å². The minimum absolute atomic E-state index is 0.250. The quantitative estimate of drug-likeness (QED) is 0.838. The second-order valence-electron chi connectivity index (χ2n) is 9.89. The van der Waals surface area contributed by atoms with E-state index in [0.717, 1.165) is 37.2 Å². The molecule has 2 heterocycles. The van der Waals surface area contributed by atoms with Gasteiger partial charge in [-0.05, 0) is 94.5 Å². The molecule has 2 saturated heterocycles. The second-order valence-corrected chi connectivity index (χ2v) is 9.89. The molecule has 4 aliphatic rings. The van der Waals surface area contributed by atoms with Crippen molar-refractivity contribution in [3.8, 4) is 0 Å². The first-order valence-electron chi connectivity index (χ1n) is 11.5. The third-order valence-corrected chi connectivity index (χ3v) is 8.14. The van der Waals surface area contributed by atoms with Gasteiger partial charge in [0.2, 0.25) is 5.91 Å². The van der Waals surface area contributed by atoms with Crippen LogP contribution in [0.25, 0.3) is 0 Å². The molecule has 1 amide bonds. The van der Waals surface area contributed by atoms with Crippen molar-refractivity contribution in [1.82, 2.24) is 4.90 Å². The molecular formula is C24H35N3O. The Bertz CT molecular complexity index is 747. The number of likely N-dealkylation sites (tertiary alicyclic amines) is 1. The summed E-state index contributed by atoms with van der Waals surface area (Å²) in [5, 5.41) is 3.25. The van der Waals surface area contributed by atoms with E-state index in [0.29, 0.717) is 12.0 Å². The zero-order valence-corrected chi connectivity index (χ0v) is 17.5. The molecular weight excluding hydrogens is 346 g/mol. The van der Waals surface area contributed by atoms with Gasteiger partial charge in [0.05, 0.1) is 0 Å². The molecule has 4 fully saturated rings. The Kier molecular flexibility index (Phi) is 4.86. The predicted octanol–water partition coefficient (Wildman–Crippen LogP) is 4.43. The molecule has 0 aromatic heterocycles. The average Bonchev–Trinajstić information content (AvgIpc) is 3.47. The molecule has 2 aliphatic carbocycles. The van der Waals surface area contributed by atoms with Crippen molar-refractivity contribution in [3.63, 3.8) is 0 Å². The molecule has 1 aromatic carbocycles. The van der Waals surface area contributed by atoms with Crippen molar-refractivity contribution < 1.29 is 4.79 Å². The lowest BCUT2D eigenvalue weighted by Crippen LogP contribution is -2.39. The lowest BCUT2D eigenvalue weighted by Gasteiger charge is -2.29. The smallest absolute Gasteiger partial charge is 0.227 e. The van der Waals surface area contributed by atoms with Crippen LogP contribution in [0.4, 0.5) is 11.4 Å². The fraction of sp³-hybridized carbons (Fsp3) is 0.708. The summed E-state index contributed by atoms with van der Waals surface area (Å²) in [4.78, 5) is 18.0. The molecule has 4 nitrogen and oxygen atoms in total. The summed E-state index contributed by atoms with van der Waals surface area (Å²) in [6.07, 6.45) is 8.97. The van der Waals surface area contributed by atoms with Crippen molar-refractivity contribution in [3.05, 3.63) is 23.8 Å². The van der Waals surface area contributed by atoms with Crippen molar-refractivity contribution in [2.75, 3.05) is 29.9 Å². The molecule has 5 atom stereocenters. The maximum atomic E-state index is 12.8. The Morgan fingerprint density at radius 2 is 2.00 bits per heavy atom. The number of carbonyl (C=O) groups is 1. The Morgan fingerprint density at radius 1 is 1.11 bits per heavy atom. The summed E-state index contributed by atoms with van der Waals surface area (Å²) in [6, 6.07) is 8.05. The fourth-order valence-electron chi connectivity index (χ4n) is 6.52. The zero-order chi connectivity index (χ0) is 19.3. The minimum Gasteiger partial charge on any atom is -0.370 e. The van der Waals surface area contributed by atoms with E-state index in [1.165, 1.54) is 56.3 Å². The first kappa shape index (κ1) is 18.5. The van der Waals surface area contributed by atoms with Gasteiger partial charge in [0, 0.05) is 42.5 Å². The van der Waals surface area contributed by atoms with Crippen molar-refractivity contribution in [1.29, 1.82) is 0 Å². The summed E-state index contributed by atoms with van der Waals surface area (Å²) >= 11 is 0. The van der Waals surface area contributed by atoms with E-state index in [1.54, 1.807) is 0 Å². The van der Waals surface area contributed by atoms with E-state index in [2.05, 4.69) is 47.2 Å². The monoisotopic (exact) mass is 381 g/mol. The molecule has 5 rings (SSSR count). The van der Waals surface area contributed by atoms with Crippen LogP contribution in [0.3, 0.4) is 0 Å². The summed E-state index contributed by atoms with van der Waals surface area (Å²) in [7, 11) is 0. The lowest BCUT2D eigenvalue weighted by molar-refractivity contribution is -0.121. The van der Waals surface area contributed by atoms with Gasteiger partial charge in [-0.3, -0.25) is 9.69 Å². The molecule has 2 aliphatic heterocycles. The number of carbonyl (C=O) groups excluding carboxylic acids is 1. The number of anilines is 2. The number of nitrogens with one attached hydrogen (secondary N) is 1. The van der Waals surface area contributed by atoms with Crippen LogP contribution in [-0.4, -0.2) is 42.5 Å². The molecule has 0 radical (unpaired) electrons. The summed E-state index contributed by atoms with van der Waals surface area (Å²) in [5.41, 5.74) is 3.50. The molecule has 4 heteroatoms. The van der Waals surface area contributed by atoms with Gasteiger partial charge in [0.1, 0.15) is 0 Å². The van der Waals surface area contributed by atoms with Gasteiger partial charge in [0.15, 0.2) is 0 Å². The Morgan fingerprint density at radius 3 is 2.68 bits per heavy atom. The van der Waals surface area contributed by atoms with Gasteiger partial charge in [-0.2, -0.15) is 0 Å². The predicted molar refractivity (Wildman–Crippen MR) is 115 cm³/mol. The van der Waals surface area contributed by atoms with Crippen LogP contribution >= 0.6 is 0 Å². The first-order valence-corrected chi connectivity index (χ1v) is 11.5. The highest BCUT2D eigenvalue weighted by Crippen LogP contribution is 2.48. The number of rotatable bonds is 4. The van der Waals surface area contributed by atoms with Crippen molar-refractivity contribution in [2.24, 2.45) is 17.8 Å². The lowest BCUT2D eigenvalue weighted by atomic mass is 9.88. The van der Waals surface area contributed by atoms with Crippen molar-refractivity contribution in [2.45, 2.75) is 70.9 Å². The van der Waals surface area contributed by atoms with Crippen LogP contribution in [0.5, 0.6) is 0 Å². The highest BCUT2D eigenvalue weighted by Gasteiger charge is 2.43. The largest absolute Gasteiger partial charge is 0.370 e. The van der Waals surface area contributed by atoms with Crippen molar-refractivity contribution >= 4 is 17.3 Å². The number of aryl methyl sites for hydroxylation is 1. The SMILES string of the molecule is Cc1cc(N2CCC(N3CCCC3C)C2)ccc1NC(=O)C1C[C@@H]2CC[C@@H]1C2. The van der Waals surface area contributed by atoms with Gasteiger partial charge >= 0.3 is 0 Å². The van der Waals surface area contributed by atoms with Gasteiger partial charge in [-0.1, -0.05) is 6.42 Å². The minimum atomic E-state index is 0.250. The number of amides is 1. The molecule has 0 spiro atoms. The molecule has 152 valence electrons. The van der Waals surface area contributed by atoms with Gasteiger partial charge in [-0.25, -0.2) is 0 Å². The number of hydrogen-bond donors (Lipinski definition) is 1. The van der Waals surface area contributed by atoms with Crippen LogP contribution < -0.4 is 10.2 Å². The molecule has 1 N–H and O–H groups in total. The average molecular weight is 382 g/mol. The third-order valence-electron chi connectivity index (χ3n) is 8.14. The standard InChI is InChI=1S/C24H35N3O/c1-16-12-20(26-11-9-21(15-26)27-10-3-4-17(27)2)7-8-23(16)25-24(28)22-14-18-5-6-19(22)13-18/h7-8,12,17-19,21-22H,3-6,9-11,13-15H2,1-2H3,(H,25,28)/t17?,18-,19-,21?,22?/m1/s1. The van der Waals surface area contributed by atoms with Crippen LogP contribution in [-0.2, 0) is 4.79 Å². The highest BCUT2D eigenvalue weighted by atomic mass is 16.1. The second kappa shape index (κ2) is 7.37. The Balaban J connectivity index is 1.22. The number of nitrogens with zero attached hydrogens (tertiary/aromatic N) is 2. The van der Waals surface area contributed by atoms with Crippen LogP contribution in [0.15, 0.2) is 18.2 Å². The van der Waals surface area contributed by atoms with E-state index < -0.39 is 0 Å². The maximum absolute atomic E-state index is 12.8. The third kappa shape index (κ3) is 3.34. The van der Waals surface area contributed by atoms with E-state index in [-0.39, 0.29) is 11.8 Å². The van der Waals surface area contributed by atoms with Gasteiger partial charge in [0.25, 0.3) is 0 Å². The number of fused-ring (bicyclic) bond motifs is 2. The van der Waals surface area contributed by atoms with E-state index >= 15 is 0 Å². The Labute approximate surface area is 169 Å². The molecule has 3 unspecified atom stereocenters. The Hall–Kier alpha value is -1.55. The van der Waals surface area contributed by atoms with Crippen LogP contribution in [0.1, 0.15) is 57.4 Å². The normalized spacial score (nSPS) is 35.1. The maximum Gasteiger partial charge on any atom is 0.227 e. The molecule has 1 aromatic rings. The van der Waals surface area contributed by atoms with Crippen LogP contribution in [0, 0.1) is 24.7 Å². The fourth-order valence-corrected chi connectivity index (χ4v) is 6.52. The first-order chi connectivity index (χ1) is 13.6. The van der Waals surface area contributed by atoms with Gasteiger partial charge < -0.3 is 10.2 Å². The summed E-state index contributed by atoms with van der Waals surface area (Å²) in [6.45, 7) is 8.07. The van der Waals surface area contributed by atoms with Crippen LogP contribution in [0.2, 0.25) is 0 Å². The highest BCUT2D eigenvalue weighted by molar-refractivity contribution is 5.94. The number of benzene rings is 1. The van der Waals surface area contributed by atoms with E-state index in [4.69, 9.17) is 0 Å².